The Hall–Kier alpha value is -1.12. The van der Waals surface area contributed by atoms with Gasteiger partial charge in [0.05, 0.1) is 0 Å². The lowest BCUT2D eigenvalue weighted by Crippen LogP contribution is -2.22. The Morgan fingerprint density at radius 1 is 1.28 bits per heavy atom. The molecule has 0 aliphatic carbocycles. The summed E-state index contributed by atoms with van der Waals surface area (Å²) in [5, 5.41) is 0. The summed E-state index contributed by atoms with van der Waals surface area (Å²) in [6.07, 6.45) is 6.48. The highest BCUT2D eigenvalue weighted by molar-refractivity contribution is 5.32. The third-order valence-corrected chi connectivity index (χ3v) is 3.47. The molecule has 1 fully saturated rings. The van der Waals surface area contributed by atoms with E-state index in [1.54, 1.807) is 0 Å². The first-order valence-electron chi connectivity index (χ1n) is 7.27. The van der Waals surface area contributed by atoms with Gasteiger partial charge >= 0.3 is 0 Å². The SMILES string of the molecule is CC.CC[C@H]1CCN(c2ncc(C(C)C)cn2)C1. The Balaban J connectivity index is 0.000000771. The standard InChI is InChI=1S/C13H21N3.C2H6/c1-4-11-5-6-16(9-11)13-14-7-12(8-15-13)10(2)3;1-2/h7-8,10-11H,4-6,9H2,1-3H3;1-2H3/t11-;/m0./s1. The minimum atomic E-state index is 0.510. The summed E-state index contributed by atoms with van der Waals surface area (Å²) in [6.45, 7) is 12.8. The molecule has 1 aromatic heterocycles. The van der Waals surface area contributed by atoms with Gasteiger partial charge in [0.25, 0.3) is 0 Å². The first-order chi connectivity index (χ1) is 8.70. The van der Waals surface area contributed by atoms with Crippen LogP contribution in [0.1, 0.15) is 58.9 Å². The minimum absolute atomic E-state index is 0.510. The molecule has 0 spiro atoms. The van der Waals surface area contributed by atoms with E-state index in [0.29, 0.717) is 5.92 Å². The summed E-state index contributed by atoms with van der Waals surface area (Å²) in [4.78, 5) is 11.2. The van der Waals surface area contributed by atoms with Gasteiger partial charge in [-0.2, -0.15) is 0 Å². The maximum atomic E-state index is 4.47. The van der Waals surface area contributed by atoms with Crippen molar-refractivity contribution in [3.63, 3.8) is 0 Å². The second-order valence-electron chi connectivity index (χ2n) is 4.98. The molecule has 0 radical (unpaired) electrons. The number of rotatable bonds is 3. The highest BCUT2D eigenvalue weighted by Crippen LogP contribution is 2.23. The van der Waals surface area contributed by atoms with Crippen LogP contribution in [-0.4, -0.2) is 23.1 Å². The summed E-state index contributed by atoms with van der Waals surface area (Å²) >= 11 is 0. The van der Waals surface area contributed by atoms with Gasteiger partial charge in [-0.25, -0.2) is 9.97 Å². The van der Waals surface area contributed by atoms with Gasteiger partial charge in [-0.1, -0.05) is 41.0 Å². The highest BCUT2D eigenvalue weighted by Gasteiger charge is 2.22. The van der Waals surface area contributed by atoms with Crippen LogP contribution >= 0.6 is 0 Å². The predicted octanol–water partition coefficient (Wildman–Crippen LogP) is 3.86. The van der Waals surface area contributed by atoms with Crippen LogP contribution in [0.15, 0.2) is 12.4 Å². The Morgan fingerprint density at radius 2 is 1.89 bits per heavy atom. The summed E-state index contributed by atoms with van der Waals surface area (Å²) in [5.41, 5.74) is 1.22. The van der Waals surface area contributed by atoms with Crippen LogP contribution in [0, 0.1) is 5.92 Å². The van der Waals surface area contributed by atoms with Crippen LogP contribution in [-0.2, 0) is 0 Å². The molecule has 1 aromatic rings. The summed E-state index contributed by atoms with van der Waals surface area (Å²) in [5.74, 6) is 2.24. The predicted molar refractivity (Wildman–Crippen MR) is 78.1 cm³/mol. The molecule has 0 saturated carbocycles. The molecule has 1 saturated heterocycles. The fourth-order valence-electron chi connectivity index (χ4n) is 2.14. The number of hydrogen-bond donors (Lipinski definition) is 0. The smallest absolute Gasteiger partial charge is 0.225 e. The molecule has 2 heterocycles. The summed E-state index contributed by atoms with van der Waals surface area (Å²) in [7, 11) is 0. The van der Waals surface area contributed by atoms with Gasteiger partial charge in [-0.15, -0.1) is 0 Å². The van der Waals surface area contributed by atoms with Crippen LogP contribution in [0.25, 0.3) is 0 Å². The molecular weight excluding hydrogens is 222 g/mol. The average molecular weight is 249 g/mol. The van der Waals surface area contributed by atoms with Crippen molar-refractivity contribution in [1.29, 1.82) is 0 Å². The lowest BCUT2D eigenvalue weighted by Gasteiger charge is -2.16. The minimum Gasteiger partial charge on any atom is -0.341 e. The van der Waals surface area contributed by atoms with E-state index >= 15 is 0 Å². The van der Waals surface area contributed by atoms with Crippen molar-refractivity contribution in [2.24, 2.45) is 5.92 Å². The van der Waals surface area contributed by atoms with E-state index in [0.717, 1.165) is 25.0 Å². The Kier molecular flexibility index (Phi) is 6.10. The van der Waals surface area contributed by atoms with Crippen molar-refractivity contribution in [3.05, 3.63) is 18.0 Å². The van der Waals surface area contributed by atoms with Crippen molar-refractivity contribution in [1.82, 2.24) is 9.97 Å². The second-order valence-corrected chi connectivity index (χ2v) is 4.98. The molecule has 0 unspecified atom stereocenters. The van der Waals surface area contributed by atoms with E-state index in [1.807, 2.05) is 26.2 Å². The molecule has 0 bridgehead atoms. The van der Waals surface area contributed by atoms with Crippen LogP contribution in [0.4, 0.5) is 5.95 Å². The molecular formula is C15H27N3. The first-order valence-corrected chi connectivity index (χ1v) is 7.27. The van der Waals surface area contributed by atoms with Crippen molar-refractivity contribution in [3.8, 4) is 0 Å². The van der Waals surface area contributed by atoms with Crippen LogP contribution in [0.2, 0.25) is 0 Å². The van der Waals surface area contributed by atoms with E-state index in [4.69, 9.17) is 0 Å². The molecule has 0 aromatic carbocycles. The zero-order valence-corrected chi connectivity index (χ0v) is 12.5. The third kappa shape index (κ3) is 3.69. The number of aromatic nitrogens is 2. The monoisotopic (exact) mass is 249 g/mol. The molecule has 1 aliphatic heterocycles. The van der Waals surface area contributed by atoms with Gasteiger partial charge in [0.15, 0.2) is 0 Å². The van der Waals surface area contributed by atoms with E-state index in [2.05, 4.69) is 35.6 Å². The maximum Gasteiger partial charge on any atom is 0.225 e. The summed E-state index contributed by atoms with van der Waals surface area (Å²) < 4.78 is 0. The normalized spacial score (nSPS) is 18.8. The average Bonchev–Trinajstić information content (AvgIpc) is 2.90. The van der Waals surface area contributed by atoms with Crippen molar-refractivity contribution in [2.45, 2.75) is 53.4 Å². The molecule has 0 amide bonds. The van der Waals surface area contributed by atoms with Gasteiger partial charge < -0.3 is 4.90 Å². The first kappa shape index (κ1) is 14.9. The molecule has 2 rings (SSSR count). The van der Waals surface area contributed by atoms with Gasteiger partial charge in [-0.05, 0) is 23.8 Å². The Morgan fingerprint density at radius 3 is 2.33 bits per heavy atom. The fourth-order valence-corrected chi connectivity index (χ4v) is 2.14. The van der Waals surface area contributed by atoms with Gasteiger partial charge in [0.1, 0.15) is 0 Å². The van der Waals surface area contributed by atoms with Gasteiger partial charge in [-0.3, -0.25) is 0 Å². The lowest BCUT2D eigenvalue weighted by atomic mass is 10.1. The maximum absolute atomic E-state index is 4.47. The molecule has 3 nitrogen and oxygen atoms in total. The van der Waals surface area contributed by atoms with Crippen molar-refractivity contribution >= 4 is 5.95 Å². The number of anilines is 1. The van der Waals surface area contributed by atoms with Gasteiger partial charge in [0, 0.05) is 25.5 Å². The van der Waals surface area contributed by atoms with Crippen LogP contribution in [0.3, 0.4) is 0 Å². The molecule has 1 atom stereocenters. The van der Waals surface area contributed by atoms with E-state index in [9.17, 15) is 0 Å². The summed E-state index contributed by atoms with van der Waals surface area (Å²) in [6, 6.07) is 0. The van der Waals surface area contributed by atoms with Crippen LogP contribution < -0.4 is 4.90 Å². The van der Waals surface area contributed by atoms with E-state index < -0.39 is 0 Å². The third-order valence-electron chi connectivity index (χ3n) is 3.47. The molecule has 18 heavy (non-hydrogen) atoms. The fraction of sp³-hybridized carbons (Fsp3) is 0.733. The van der Waals surface area contributed by atoms with E-state index in [-0.39, 0.29) is 0 Å². The number of hydrogen-bond acceptors (Lipinski definition) is 3. The second kappa shape index (κ2) is 7.34. The van der Waals surface area contributed by atoms with Crippen molar-refractivity contribution in [2.75, 3.05) is 18.0 Å². The topological polar surface area (TPSA) is 29.0 Å². The number of nitrogens with zero attached hydrogens (tertiary/aromatic N) is 3. The quantitative estimate of drug-likeness (QED) is 0.814. The Labute approximate surface area is 112 Å². The highest BCUT2D eigenvalue weighted by atomic mass is 15.3. The largest absolute Gasteiger partial charge is 0.341 e. The zero-order valence-electron chi connectivity index (χ0n) is 12.5. The van der Waals surface area contributed by atoms with E-state index in [1.165, 1.54) is 18.4 Å². The van der Waals surface area contributed by atoms with Gasteiger partial charge in [0.2, 0.25) is 5.95 Å². The molecule has 3 heteroatoms. The molecule has 102 valence electrons. The zero-order chi connectivity index (χ0) is 13.5. The molecule has 0 N–H and O–H groups in total. The van der Waals surface area contributed by atoms with Crippen LogP contribution in [0.5, 0.6) is 0 Å². The van der Waals surface area contributed by atoms with Crippen molar-refractivity contribution < 1.29 is 0 Å². The lowest BCUT2D eigenvalue weighted by molar-refractivity contribution is 0.568. The molecule has 1 aliphatic rings. The Bertz CT molecular complexity index is 332.